The second-order valence-electron chi connectivity index (χ2n) is 3.66. The molecule has 1 aromatic heterocycles. The molecule has 0 N–H and O–H groups in total. The Morgan fingerprint density at radius 3 is 2.56 bits per heavy atom. The van der Waals surface area contributed by atoms with E-state index in [4.69, 9.17) is 23.2 Å². The van der Waals surface area contributed by atoms with Crippen molar-refractivity contribution in [2.24, 2.45) is 0 Å². The quantitative estimate of drug-likeness (QED) is 0.689. The molecular weight excluding hydrogens is 259 g/mol. The average Bonchev–Trinajstić information content (AvgIpc) is 2.80. The molecule has 0 aliphatic rings. The van der Waals surface area contributed by atoms with Crippen molar-refractivity contribution in [2.75, 3.05) is 5.88 Å². The first-order chi connectivity index (χ1) is 7.81. The molecule has 0 aliphatic carbocycles. The number of hydrogen-bond acceptors (Lipinski definition) is 1. The van der Waals surface area contributed by atoms with Crippen molar-refractivity contribution in [2.45, 2.75) is 12.3 Å². The lowest BCUT2D eigenvalue weighted by molar-refractivity contribution is 0.776. The first-order valence-electron chi connectivity index (χ1n) is 5.14. The molecule has 0 aliphatic heterocycles. The number of rotatable bonds is 4. The summed E-state index contributed by atoms with van der Waals surface area (Å²) in [6.45, 7) is 0. The predicted molar refractivity (Wildman–Crippen MR) is 72.9 cm³/mol. The maximum Gasteiger partial charge on any atom is 0.0441 e. The largest absolute Gasteiger partial charge is 0.149 e. The van der Waals surface area contributed by atoms with Gasteiger partial charge in [-0.05, 0) is 29.5 Å². The summed E-state index contributed by atoms with van der Waals surface area (Å²) >= 11 is 14.0. The molecule has 1 unspecified atom stereocenters. The van der Waals surface area contributed by atoms with Crippen LogP contribution in [0.5, 0.6) is 0 Å². The molecule has 0 bridgehead atoms. The maximum atomic E-state index is 6.18. The van der Waals surface area contributed by atoms with E-state index in [1.807, 2.05) is 18.2 Å². The van der Waals surface area contributed by atoms with Crippen LogP contribution in [0.3, 0.4) is 0 Å². The van der Waals surface area contributed by atoms with Crippen LogP contribution in [0.1, 0.15) is 16.4 Å². The molecule has 0 saturated heterocycles. The summed E-state index contributed by atoms with van der Waals surface area (Å²) in [5.41, 5.74) is 1.15. The second kappa shape index (κ2) is 5.72. The molecule has 0 nitrogen and oxygen atoms in total. The molecule has 3 heteroatoms. The smallest absolute Gasteiger partial charge is 0.0441 e. The van der Waals surface area contributed by atoms with Gasteiger partial charge in [-0.1, -0.05) is 35.9 Å². The van der Waals surface area contributed by atoms with Gasteiger partial charge in [0.2, 0.25) is 0 Å². The number of halogens is 2. The lowest BCUT2D eigenvalue weighted by atomic mass is 9.97. The van der Waals surface area contributed by atoms with Crippen LogP contribution < -0.4 is 0 Å². The third-order valence-electron chi connectivity index (χ3n) is 2.56. The van der Waals surface area contributed by atoms with Crippen molar-refractivity contribution in [3.05, 3.63) is 57.2 Å². The van der Waals surface area contributed by atoms with Crippen LogP contribution >= 0.6 is 34.5 Å². The van der Waals surface area contributed by atoms with E-state index in [2.05, 4.69) is 23.6 Å². The van der Waals surface area contributed by atoms with E-state index in [0.29, 0.717) is 11.8 Å². The van der Waals surface area contributed by atoms with Gasteiger partial charge in [0.05, 0.1) is 0 Å². The summed E-state index contributed by atoms with van der Waals surface area (Å²) in [6, 6.07) is 12.1. The van der Waals surface area contributed by atoms with Gasteiger partial charge in [-0.15, -0.1) is 22.9 Å². The van der Waals surface area contributed by atoms with Crippen molar-refractivity contribution in [3.63, 3.8) is 0 Å². The van der Waals surface area contributed by atoms with Crippen molar-refractivity contribution in [1.29, 1.82) is 0 Å². The fourth-order valence-corrected chi connectivity index (χ4v) is 3.08. The van der Waals surface area contributed by atoms with Gasteiger partial charge in [-0.3, -0.25) is 0 Å². The van der Waals surface area contributed by atoms with Crippen molar-refractivity contribution in [3.8, 4) is 0 Å². The fourth-order valence-electron chi connectivity index (χ4n) is 1.73. The number of hydrogen-bond donors (Lipinski definition) is 0. The molecule has 0 fully saturated rings. The normalized spacial score (nSPS) is 12.6. The van der Waals surface area contributed by atoms with Gasteiger partial charge in [0.1, 0.15) is 0 Å². The minimum absolute atomic E-state index is 0.300. The first kappa shape index (κ1) is 12.0. The summed E-state index contributed by atoms with van der Waals surface area (Å²) in [4.78, 5) is 1.35. The SMILES string of the molecule is ClCC(Cc1cccs1)c1ccccc1Cl. The highest BCUT2D eigenvalue weighted by atomic mass is 35.5. The highest BCUT2D eigenvalue weighted by molar-refractivity contribution is 7.09. The molecule has 0 amide bonds. The van der Waals surface area contributed by atoms with E-state index in [1.54, 1.807) is 11.3 Å². The molecule has 0 radical (unpaired) electrons. The van der Waals surface area contributed by atoms with Crippen LogP contribution in [0.2, 0.25) is 5.02 Å². The predicted octanol–water partition coefficient (Wildman–Crippen LogP) is 4.97. The Balaban J connectivity index is 2.20. The summed E-state index contributed by atoms with van der Waals surface area (Å²) < 4.78 is 0. The second-order valence-corrected chi connectivity index (χ2v) is 5.40. The first-order valence-corrected chi connectivity index (χ1v) is 6.93. The van der Waals surface area contributed by atoms with Crippen LogP contribution in [0, 0.1) is 0 Å². The monoisotopic (exact) mass is 270 g/mol. The molecule has 0 saturated carbocycles. The summed E-state index contributed by atoms with van der Waals surface area (Å²) in [5.74, 6) is 0.899. The van der Waals surface area contributed by atoms with Crippen LogP contribution in [0.4, 0.5) is 0 Å². The summed E-state index contributed by atoms with van der Waals surface area (Å²) in [7, 11) is 0. The Kier molecular flexibility index (Phi) is 4.28. The zero-order chi connectivity index (χ0) is 11.4. The molecule has 16 heavy (non-hydrogen) atoms. The van der Waals surface area contributed by atoms with Crippen molar-refractivity contribution >= 4 is 34.5 Å². The maximum absolute atomic E-state index is 6.18. The third kappa shape index (κ3) is 2.79. The van der Waals surface area contributed by atoms with Gasteiger partial charge < -0.3 is 0 Å². The molecule has 2 aromatic rings. The third-order valence-corrected chi connectivity index (χ3v) is 4.17. The van der Waals surface area contributed by atoms with E-state index in [0.717, 1.165) is 17.0 Å². The zero-order valence-electron chi connectivity index (χ0n) is 8.70. The van der Waals surface area contributed by atoms with Crippen LogP contribution in [0.25, 0.3) is 0 Å². The van der Waals surface area contributed by atoms with E-state index in [9.17, 15) is 0 Å². The highest BCUT2D eigenvalue weighted by Crippen LogP contribution is 2.29. The minimum Gasteiger partial charge on any atom is -0.149 e. The minimum atomic E-state index is 0.300. The van der Waals surface area contributed by atoms with Gasteiger partial charge in [-0.2, -0.15) is 0 Å². The Bertz CT molecular complexity index is 437. The Morgan fingerprint density at radius 1 is 1.12 bits per heavy atom. The van der Waals surface area contributed by atoms with Gasteiger partial charge >= 0.3 is 0 Å². The van der Waals surface area contributed by atoms with Crippen LogP contribution in [-0.4, -0.2) is 5.88 Å². The number of benzene rings is 1. The van der Waals surface area contributed by atoms with Gasteiger partial charge in [0, 0.05) is 21.7 Å². The van der Waals surface area contributed by atoms with E-state index >= 15 is 0 Å². The Hall–Kier alpha value is -0.500. The molecule has 84 valence electrons. The number of alkyl halides is 1. The van der Waals surface area contributed by atoms with Crippen LogP contribution in [-0.2, 0) is 6.42 Å². The Labute approximate surface area is 110 Å². The van der Waals surface area contributed by atoms with E-state index in [-0.39, 0.29) is 0 Å². The average molecular weight is 271 g/mol. The van der Waals surface area contributed by atoms with Gasteiger partial charge in [0.25, 0.3) is 0 Å². The Morgan fingerprint density at radius 2 is 1.94 bits per heavy atom. The van der Waals surface area contributed by atoms with E-state index < -0.39 is 0 Å². The summed E-state index contributed by atoms with van der Waals surface area (Å²) in [5, 5.41) is 2.90. The molecular formula is C13H12Cl2S. The topological polar surface area (TPSA) is 0 Å². The fraction of sp³-hybridized carbons (Fsp3) is 0.231. The molecule has 1 heterocycles. The number of thiophene rings is 1. The zero-order valence-corrected chi connectivity index (χ0v) is 11.0. The van der Waals surface area contributed by atoms with Crippen LogP contribution in [0.15, 0.2) is 41.8 Å². The van der Waals surface area contributed by atoms with Gasteiger partial charge in [-0.25, -0.2) is 0 Å². The van der Waals surface area contributed by atoms with Crippen molar-refractivity contribution < 1.29 is 0 Å². The van der Waals surface area contributed by atoms with E-state index in [1.165, 1.54) is 4.88 Å². The molecule has 2 rings (SSSR count). The lowest BCUT2D eigenvalue weighted by Gasteiger charge is -2.14. The highest BCUT2D eigenvalue weighted by Gasteiger charge is 2.14. The lowest BCUT2D eigenvalue weighted by Crippen LogP contribution is -2.04. The molecule has 1 atom stereocenters. The standard InChI is InChI=1S/C13H12Cl2S/c14-9-10(8-11-4-3-7-16-11)12-5-1-2-6-13(12)15/h1-7,10H,8-9H2. The molecule has 1 aromatic carbocycles. The van der Waals surface area contributed by atoms with Gasteiger partial charge in [0.15, 0.2) is 0 Å². The van der Waals surface area contributed by atoms with Crippen molar-refractivity contribution in [1.82, 2.24) is 0 Å². The molecule has 0 spiro atoms. The summed E-state index contributed by atoms with van der Waals surface area (Å²) in [6.07, 6.45) is 0.963.